The number of nitrogens with zero attached hydrogens (tertiary/aromatic N) is 4. The summed E-state index contributed by atoms with van der Waals surface area (Å²) in [5, 5.41) is 22.9. The van der Waals surface area contributed by atoms with Crippen molar-refractivity contribution in [3.8, 4) is 0 Å². The van der Waals surface area contributed by atoms with Gasteiger partial charge in [0, 0.05) is 41.3 Å². The molecule has 2 atom stereocenters. The normalized spacial score (nSPS) is 16.8. The number of aryl methyl sites for hydroxylation is 1. The molecule has 0 saturated carbocycles. The van der Waals surface area contributed by atoms with Crippen LogP contribution in [0.25, 0.3) is 21.1 Å². The van der Waals surface area contributed by atoms with Gasteiger partial charge in [0.05, 0.1) is 23.1 Å². The SMILES string of the molecule is CN=CC(C=N)NC(=O)C1CCc2c(sc3ncnc(Nc4ccc5[nH]ncc5c4)c23)C1. The summed E-state index contributed by atoms with van der Waals surface area (Å²) in [5.41, 5.74) is 3.14. The van der Waals surface area contributed by atoms with Crippen LogP contribution in [0.2, 0.25) is 0 Å². The topological polar surface area (TPSA) is 132 Å². The molecular weight excluding hydrogens is 424 g/mol. The van der Waals surface area contributed by atoms with E-state index in [-0.39, 0.29) is 11.8 Å². The number of rotatable bonds is 6. The quantitative estimate of drug-likeness (QED) is 0.338. The Balaban J connectivity index is 1.41. The van der Waals surface area contributed by atoms with Crippen molar-refractivity contribution in [1.29, 1.82) is 5.41 Å². The zero-order valence-electron chi connectivity index (χ0n) is 17.4. The van der Waals surface area contributed by atoms with E-state index in [0.29, 0.717) is 6.42 Å². The molecule has 4 N–H and O–H groups in total. The molecule has 0 saturated heterocycles. The summed E-state index contributed by atoms with van der Waals surface area (Å²) < 4.78 is 0. The first kappa shape index (κ1) is 20.3. The molecule has 0 aliphatic heterocycles. The van der Waals surface area contributed by atoms with Crippen LogP contribution < -0.4 is 10.6 Å². The number of hydrogen-bond acceptors (Lipinski definition) is 8. The summed E-state index contributed by atoms with van der Waals surface area (Å²) in [7, 11) is 1.63. The Morgan fingerprint density at radius 1 is 1.41 bits per heavy atom. The molecule has 2 unspecified atom stereocenters. The van der Waals surface area contributed by atoms with Crippen molar-refractivity contribution in [3.63, 3.8) is 0 Å². The monoisotopic (exact) mass is 446 g/mol. The number of hydrogen-bond donors (Lipinski definition) is 4. The van der Waals surface area contributed by atoms with Crippen LogP contribution in [-0.2, 0) is 17.6 Å². The van der Waals surface area contributed by atoms with Crippen LogP contribution in [0.4, 0.5) is 11.5 Å². The summed E-state index contributed by atoms with van der Waals surface area (Å²) in [6, 6.07) is 5.55. The van der Waals surface area contributed by atoms with Crippen LogP contribution in [0.1, 0.15) is 16.9 Å². The number of fused-ring (bicyclic) bond motifs is 4. The number of benzene rings is 1. The van der Waals surface area contributed by atoms with E-state index in [1.165, 1.54) is 16.7 Å². The van der Waals surface area contributed by atoms with Gasteiger partial charge >= 0.3 is 0 Å². The lowest BCUT2D eigenvalue weighted by atomic mass is 9.87. The predicted molar refractivity (Wildman–Crippen MR) is 127 cm³/mol. The van der Waals surface area contributed by atoms with Gasteiger partial charge in [0.25, 0.3) is 0 Å². The summed E-state index contributed by atoms with van der Waals surface area (Å²) in [5.74, 6) is 0.608. The van der Waals surface area contributed by atoms with Crippen LogP contribution in [-0.4, -0.2) is 51.6 Å². The second-order valence-corrected chi connectivity index (χ2v) is 8.83. The van der Waals surface area contributed by atoms with Gasteiger partial charge in [0.15, 0.2) is 0 Å². The smallest absolute Gasteiger partial charge is 0.224 e. The zero-order chi connectivity index (χ0) is 22.1. The average molecular weight is 447 g/mol. The fourth-order valence-corrected chi connectivity index (χ4v) is 5.42. The number of thiophene rings is 1. The highest BCUT2D eigenvalue weighted by atomic mass is 32.1. The number of nitrogens with one attached hydrogen (secondary N) is 4. The van der Waals surface area contributed by atoms with E-state index in [2.05, 4.69) is 35.8 Å². The summed E-state index contributed by atoms with van der Waals surface area (Å²) in [4.78, 5) is 27.8. The molecular formula is C22H22N8OS. The largest absolute Gasteiger partial charge is 0.343 e. The van der Waals surface area contributed by atoms with Crippen LogP contribution in [0, 0.1) is 11.3 Å². The summed E-state index contributed by atoms with van der Waals surface area (Å²) in [6.07, 6.45) is 8.31. The number of amides is 1. The number of H-pyrrole nitrogens is 1. The van der Waals surface area contributed by atoms with Gasteiger partial charge in [-0.05, 0) is 43.0 Å². The molecule has 0 fully saturated rings. The lowest BCUT2D eigenvalue weighted by Crippen LogP contribution is -2.42. The van der Waals surface area contributed by atoms with Gasteiger partial charge in [-0.1, -0.05) is 0 Å². The third kappa shape index (κ3) is 3.73. The van der Waals surface area contributed by atoms with Gasteiger partial charge in [-0.25, -0.2) is 9.97 Å². The van der Waals surface area contributed by atoms with Crippen LogP contribution in [0.5, 0.6) is 0 Å². The Kier molecular flexibility index (Phi) is 5.36. The Bertz CT molecular complexity index is 1340. The van der Waals surface area contributed by atoms with Gasteiger partial charge in [0.1, 0.15) is 17.0 Å². The van der Waals surface area contributed by atoms with E-state index >= 15 is 0 Å². The van der Waals surface area contributed by atoms with Crippen LogP contribution in [0.15, 0.2) is 35.7 Å². The highest BCUT2D eigenvalue weighted by Gasteiger charge is 2.29. The van der Waals surface area contributed by atoms with E-state index in [9.17, 15) is 4.79 Å². The molecule has 10 heteroatoms. The molecule has 162 valence electrons. The molecule has 5 rings (SSSR count). The Morgan fingerprint density at radius 2 is 2.31 bits per heavy atom. The van der Waals surface area contributed by atoms with E-state index in [1.54, 1.807) is 37.1 Å². The minimum atomic E-state index is -0.467. The minimum absolute atomic E-state index is 0.0423. The number of aromatic amines is 1. The maximum Gasteiger partial charge on any atom is 0.224 e. The highest BCUT2D eigenvalue weighted by Crippen LogP contribution is 2.40. The van der Waals surface area contributed by atoms with Crippen molar-refractivity contribution in [2.24, 2.45) is 10.9 Å². The fraction of sp³-hybridized carbons (Fsp3) is 0.273. The molecule has 0 radical (unpaired) electrons. The highest BCUT2D eigenvalue weighted by molar-refractivity contribution is 7.19. The van der Waals surface area contributed by atoms with Crippen LogP contribution in [0.3, 0.4) is 0 Å². The maximum atomic E-state index is 12.7. The first-order chi connectivity index (χ1) is 15.7. The van der Waals surface area contributed by atoms with Gasteiger partial charge in [-0.15, -0.1) is 11.3 Å². The lowest BCUT2D eigenvalue weighted by molar-refractivity contribution is -0.125. The molecule has 9 nitrogen and oxygen atoms in total. The fourth-order valence-electron chi connectivity index (χ4n) is 4.15. The third-order valence-corrected chi connectivity index (χ3v) is 6.88. The molecule has 0 bridgehead atoms. The van der Waals surface area contributed by atoms with Gasteiger partial charge in [-0.2, -0.15) is 5.10 Å². The minimum Gasteiger partial charge on any atom is -0.343 e. The number of carbonyl (C=O) groups is 1. The second-order valence-electron chi connectivity index (χ2n) is 7.75. The average Bonchev–Trinajstić information content (AvgIpc) is 3.42. The lowest BCUT2D eigenvalue weighted by Gasteiger charge is -2.23. The van der Waals surface area contributed by atoms with E-state index in [0.717, 1.165) is 45.5 Å². The number of aromatic nitrogens is 4. The number of carbonyl (C=O) groups excluding carboxylic acids is 1. The van der Waals surface area contributed by atoms with Gasteiger partial charge < -0.3 is 16.0 Å². The Labute approximate surface area is 187 Å². The molecule has 3 aromatic heterocycles. The molecule has 1 amide bonds. The first-order valence-corrected chi connectivity index (χ1v) is 11.2. The van der Waals surface area contributed by atoms with Crippen molar-refractivity contribution in [2.45, 2.75) is 25.3 Å². The molecule has 1 aliphatic carbocycles. The second kappa shape index (κ2) is 8.46. The third-order valence-electron chi connectivity index (χ3n) is 5.72. The predicted octanol–water partition coefficient (Wildman–Crippen LogP) is 3.25. The van der Waals surface area contributed by atoms with Crippen molar-refractivity contribution >= 4 is 62.3 Å². The standard InChI is InChI=1S/C22H22N8OS/c1-24-10-15(8-23)29-21(31)12-2-4-16-18(7-12)32-22-19(16)20(25-11-26-22)28-14-3-5-17-13(6-14)9-27-30-17/h3,5-6,8-12,15,23H,2,4,7H2,1H3,(H,27,30)(H,29,31)(H,25,26,28). The molecule has 4 aromatic rings. The number of anilines is 2. The summed E-state index contributed by atoms with van der Waals surface area (Å²) in [6.45, 7) is 0. The molecule has 32 heavy (non-hydrogen) atoms. The molecule has 3 heterocycles. The molecule has 0 spiro atoms. The Morgan fingerprint density at radius 3 is 3.16 bits per heavy atom. The van der Waals surface area contributed by atoms with Crippen molar-refractivity contribution in [1.82, 2.24) is 25.5 Å². The van der Waals surface area contributed by atoms with E-state index in [1.807, 2.05) is 18.2 Å². The van der Waals surface area contributed by atoms with Crippen molar-refractivity contribution in [2.75, 3.05) is 12.4 Å². The zero-order valence-corrected chi connectivity index (χ0v) is 18.2. The Hall–Kier alpha value is -3.66. The van der Waals surface area contributed by atoms with E-state index in [4.69, 9.17) is 5.41 Å². The van der Waals surface area contributed by atoms with E-state index < -0.39 is 6.04 Å². The van der Waals surface area contributed by atoms with Crippen LogP contribution >= 0.6 is 11.3 Å². The van der Waals surface area contributed by atoms with Crippen molar-refractivity contribution < 1.29 is 4.79 Å². The molecule has 1 aliphatic rings. The maximum absolute atomic E-state index is 12.7. The number of aliphatic imine (C=N–C) groups is 1. The molecule has 1 aromatic carbocycles. The van der Waals surface area contributed by atoms with Gasteiger partial charge in [-0.3, -0.25) is 14.9 Å². The summed E-state index contributed by atoms with van der Waals surface area (Å²) >= 11 is 1.63. The van der Waals surface area contributed by atoms with Gasteiger partial charge in [0.2, 0.25) is 5.91 Å². The van der Waals surface area contributed by atoms with Crippen molar-refractivity contribution in [3.05, 3.63) is 41.2 Å². The first-order valence-electron chi connectivity index (χ1n) is 10.3.